The highest BCUT2D eigenvalue weighted by atomic mass is 19.3. The van der Waals surface area contributed by atoms with Gasteiger partial charge in [0.05, 0.1) is 30.1 Å². The number of benzene rings is 1. The van der Waals surface area contributed by atoms with Crippen molar-refractivity contribution in [3.05, 3.63) is 29.6 Å². The van der Waals surface area contributed by atoms with E-state index >= 15 is 0 Å². The standard InChI is InChI=1S/C20H24F2N4O4/c1-3-30-20(29)13-5-4-8-26(10-13)16(27)11-25(2)19(28)12-6-7-14-15(9-12)24-18(23-14)17(21)22/h6-7,9,13,17H,3-5,8,10-11H2,1-2H3,(H,23,24). The molecule has 0 saturated carbocycles. The molecule has 0 spiro atoms. The molecule has 8 nitrogen and oxygen atoms in total. The SMILES string of the molecule is CCOC(=O)C1CCCN(C(=O)CN(C)C(=O)c2ccc3nc(C(F)F)[nH]c3c2)C1. The van der Waals surface area contributed by atoms with Gasteiger partial charge in [-0.15, -0.1) is 0 Å². The van der Waals surface area contributed by atoms with Gasteiger partial charge in [0.1, 0.15) is 0 Å². The number of esters is 1. The van der Waals surface area contributed by atoms with Crippen LogP contribution >= 0.6 is 0 Å². The van der Waals surface area contributed by atoms with Gasteiger partial charge in [0.25, 0.3) is 12.3 Å². The Bertz CT molecular complexity index is 946. The zero-order valence-corrected chi connectivity index (χ0v) is 16.9. The summed E-state index contributed by atoms with van der Waals surface area (Å²) in [6, 6.07) is 4.41. The third-order valence-electron chi connectivity index (χ3n) is 5.07. The summed E-state index contributed by atoms with van der Waals surface area (Å²) in [5.74, 6) is -1.80. The number of imidazole rings is 1. The van der Waals surface area contributed by atoms with Crippen molar-refractivity contribution in [2.45, 2.75) is 26.2 Å². The van der Waals surface area contributed by atoms with Crippen LogP contribution in [0.4, 0.5) is 8.78 Å². The molecule has 10 heteroatoms. The van der Waals surface area contributed by atoms with E-state index in [0.717, 1.165) is 0 Å². The van der Waals surface area contributed by atoms with E-state index in [1.54, 1.807) is 11.8 Å². The Morgan fingerprint density at radius 3 is 2.83 bits per heavy atom. The number of likely N-dealkylation sites (tertiary alicyclic amines) is 1. The molecule has 3 rings (SSSR count). The topological polar surface area (TPSA) is 95.6 Å². The summed E-state index contributed by atoms with van der Waals surface area (Å²) in [5.41, 5.74) is 0.911. The second-order valence-electron chi connectivity index (χ2n) is 7.25. The lowest BCUT2D eigenvalue weighted by molar-refractivity contribution is -0.151. The number of alkyl halides is 2. The van der Waals surface area contributed by atoms with E-state index in [0.29, 0.717) is 37.0 Å². The Hall–Kier alpha value is -3.04. The molecule has 1 atom stereocenters. The second kappa shape index (κ2) is 9.19. The monoisotopic (exact) mass is 422 g/mol. The molecular formula is C20H24F2N4O4. The summed E-state index contributed by atoms with van der Waals surface area (Å²) < 4.78 is 30.6. The second-order valence-corrected chi connectivity index (χ2v) is 7.25. The number of hydrogen-bond donors (Lipinski definition) is 1. The minimum Gasteiger partial charge on any atom is -0.466 e. The summed E-state index contributed by atoms with van der Waals surface area (Å²) in [7, 11) is 1.49. The minimum absolute atomic E-state index is 0.155. The quantitative estimate of drug-likeness (QED) is 0.721. The number of nitrogens with one attached hydrogen (secondary N) is 1. The summed E-state index contributed by atoms with van der Waals surface area (Å²) in [4.78, 5) is 46.4. The third kappa shape index (κ3) is 4.74. The number of halogens is 2. The molecule has 1 N–H and O–H groups in total. The number of ether oxygens (including phenoxy) is 1. The molecule has 1 aliphatic heterocycles. The summed E-state index contributed by atoms with van der Waals surface area (Å²) in [5, 5.41) is 0. The molecule has 0 aliphatic carbocycles. The first-order valence-corrected chi connectivity index (χ1v) is 9.77. The number of likely N-dealkylation sites (N-methyl/N-ethyl adjacent to an activating group) is 1. The van der Waals surface area contributed by atoms with Crippen LogP contribution in [0.15, 0.2) is 18.2 Å². The molecule has 0 radical (unpaired) electrons. The first-order chi connectivity index (χ1) is 14.3. The number of fused-ring (bicyclic) bond motifs is 1. The lowest BCUT2D eigenvalue weighted by Crippen LogP contribution is -2.47. The number of aromatic nitrogens is 2. The van der Waals surface area contributed by atoms with Crippen molar-refractivity contribution in [3.8, 4) is 0 Å². The molecule has 1 aromatic heterocycles. The van der Waals surface area contributed by atoms with Crippen molar-refractivity contribution < 1.29 is 27.9 Å². The molecule has 1 saturated heterocycles. The van der Waals surface area contributed by atoms with Gasteiger partial charge < -0.3 is 19.5 Å². The average molecular weight is 422 g/mol. The Balaban J connectivity index is 1.64. The van der Waals surface area contributed by atoms with E-state index in [1.807, 2.05) is 0 Å². The predicted octanol–water partition coefficient (Wildman–Crippen LogP) is 2.37. The van der Waals surface area contributed by atoms with Gasteiger partial charge in [-0.25, -0.2) is 13.8 Å². The number of nitrogens with zero attached hydrogens (tertiary/aromatic N) is 3. The van der Waals surface area contributed by atoms with Crippen LogP contribution in [-0.2, 0) is 14.3 Å². The summed E-state index contributed by atoms with van der Waals surface area (Å²) in [6.07, 6.45) is -1.38. The van der Waals surface area contributed by atoms with Crippen LogP contribution < -0.4 is 0 Å². The summed E-state index contributed by atoms with van der Waals surface area (Å²) >= 11 is 0. The van der Waals surface area contributed by atoms with Crippen LogP contribution in [0.25, 0.3) is 11.0 Å². The van der Waals surface area contributed by atoms with Crippen molar-refractivity contribution in [2.75, 3.05) is 33.3 Å². The molecular weight excluding hydrogens is 398 g/mol. The largest absolute Gasteiger partial charge is 0.466 e. The van der Waals surface area contributed by atoms with Gasteiger partial charge in [0, 0.05) is 25.7 Å². The van der Waals surface area contributed by atoms with Crippen molar-refractivity contribution in [2.24, 2.45) is 5.92 Å². The molecule has 1 aliphatic rings. The fourth-order valence-electron chi connectivity index (χ4n) is 3.52. The van der Waals surface area contributed by atoms with Gasteiger partial charge in [0.2, 0.25) is 5.91 Å². The molecule has 162 valence electrons. The molecule has 1 unspecified atom stereocenters. The Morgan fingerprint density at radius 2 is 2.13 bits per heavy atom. The number of hydrogen-bond acceptors (Lipinski definition) is 5. The lowest BCUT2D eigenvalue weighted by atomic mass is 9.98. The Morgan fingerprint density at radius 1 is 1.37 bits per heavy atom. The molecule has 30 heavy (non-hydrogen) atoms. The number of H-pyrrole nitrogens is 1. The van der Waals surface area contributed by atoms with Crippen molar-refractivity contribution in [1.29, 1.82) is 0 Å². The smallest absolute Gasteiger partial charge is 0.310 e. The van der Waals surface area contributed by atoms with Crippen molar-refractivity contribution in [3.63, 3.8) is 0 Å². The van der Waals surface area contributed by atoms with Crippen molar-refractivity contribution in [1.82, 2.24) is 19.8 Å². The predicted molar refractivity (Wildman–Crippen MR) is 104 cm³/mol. The minimum atomic E-state index is -2.74. The first kappa shape index (κ1) is 21.7. The maximum atomic E-state index is 12.8. The number of rotatable bonds is 6. The van der Waals surface area contributed by atoms with Gasteiger partial charge in [-0.05, 0) is 38.0 Å². The maximum Gasteiger partial charge on any atom is 0.310 e. The third-order valence-corrected chi connectivity index (χ3v) is 5.07. The van der Waals surface area contributed by atoms with Crippen LogP contribution in [0.1, 0.15) is 42.4 Å². The number of carbonyl (C=O) groups is 3. The normalized spacial score (nSPS) is 16.7. The summed E-state index contributed by atoms with van der Waals surface area (Å²) in [6.45, 7) is 2.67. The number of aromatic amines is 1. The number of carbonyl (C=O) groups excluding carboxylic acids is 3. The maximum absolute atomic E-state index is 12.8. The van der Waals surface area contributed by atoms with Crippen LogP contribution in [0, 0.1) is 5.92 Å². The molecule has 2 heterocycles. The van der Waals surface area contributed by atoms with Crippen LogP contribution in [0.3, 0.4) is 0 Å². The molecule has 2 amide bonds. The fourth-order valence-corrected chi connectivity index (χ4v) is 3.52. The van der Waals surface area contributed by atoms with Gasteiger partial charge in [-0.3, -0.25) is 14.4 Å². The van der Waals surface area contributed by atoms with E-state index in [2.05, 4.69) is 9.97 Å². The van der Waals surface area contributed by atoms with E-state index in [4.69, 9.17) is 4.74 Å². The van der Waals surface area contributed by atoms with Gasteiger partial charge in [-0.1, -0.05) is 0 Å². The zero-order chi connectivity index (χ0) is 21.8. The van der Waals surface area contributed by atoms with Crippen LogP contribution in [-0.4, -0.2) is 70.8 Å². The zero-order valence-electron chi connectivity index (χ0n) is 16.9. The van der Waals surface area contributed by atoms with E-state index in [9.17, 15) is 23.2 Å². The molecule has 1 fully saturated rings. The highest BCUT2D eigenvalue weighted by Gasteiger charge is 2.30. The first-order valence-electron chi connectivity index (χ1n) is 9.77. The van der Waals surface area contributed by atoms with E-state index in [1.165, 1.54) is 30.1 Å². The number of amides is 2. The molecule has 1 aromatic carbocycles. The highest BCUT2D eigenvalue weighted by molar-refractivity contribution is 5.99. The molecule has 2 aromatic rings. The van der Waals surface area contributed by atoms with E-state index < -0.39 is 18.2 Å². The van der Waals surface area contributed by atoms with Crippen LogP contribution in [0.5, 0.6) is 0 Å². The van der Waals surface area contributed by atoms with Crippen LogP contribution in [0.2, 0.25) is 0 Å². The van der Waals surface area contributed by atoms with Crippen molar-refractivity contribution >= 4 is 28.8 Å². The Kier molecular flexibility index (Phi) is 6.63. The lowest BCUT2D eigenvalue weighted by Gasteiger charge is -2.32. The van der Waals surface area contributed by atoms with Gasteiger partial charge in [0.15, 0.2) is 5.82 Å². The van der Waals surface area contributed by atoms with Gasteiger partial charge >= 0.3 is 5.97 Å². The molecule has 0 bridgehead atoms. The Labute approximate surface area is 172 Å². The highest BCUT2D eigenvalue weighted by Crippen LogP contribution is 2.21. The fraction of sp³-hybridized carbons (Fsp3) is 0.500. The van der Waals surface area contributed by atoms with E-state index in [-0.39, 0.29) is 36.4 Å². The average Bonchev–Trinajstić information content (AvgIpc) is 3.17. The number of piperidine rings is 1. The van der Waals surface area contributed by atoms with Gasteiger partial charge in [-0.2, -0.15) is 0 Å².